The Morgan fingerprint density at radius 2 is 2.05 bits per heavy atom. The third kappa shape index (κ3) is 3.76. The SMILES string of the molecule is CCC(CC)(CS)COc1c(Cl)cccc1[N+](=O)[O-]. The second-order valence-electron chi connectivity index (χ2n) is 4.50. The lowest BCUT2D eigenvalue weighted by molar-refractivity contribution is -0.385. The molecule has 0 fully saturated rings. The maximum atomic E-state index is 11.0. The van der Waals surface area contributed by atoms with Crippen molar-refractivity contribution in [2.45, 2.75) is 26.7 Å². The summed E-state index contributed by atoms with van der Waals surface area (Å²) in [4.78, 5) is 10.5. The summed E-state index contributed by atoms with van der Waals surface area (Å²) in [5.41, 5.74) is -0.191. The van der Waals surface area contributed by atoms with Crippen molar-refractivity contribution in [1.82, 2.24) is 0 Å². The Labute approximate surface area is 123 Å². The number of thiol groups is 1. The van der Waals surface area contributed by atoms with E-state index in [1.807, 2.05) is 0 Å². The molecule has 1 aromatic carbocycles. The first kappa shape index (κ1) is 16.1. The monoisotopic (exact) mass is 303 g/mol. The predicted molar refractivity (Wildman–Crippen MR) is 80.5 cm³/mol. The second-order valence-corrected chi connectivity index (χ2v) is 5.22. The minimum absolute atomic E-state index is 0.0872. The van der Waals surface area contributed by atoms with E-state index < -0.39 is 4.92 Å². The number of nitro benzene ring substituents is 1. The molecule has 6 heteroatoms. The van der Waals surface area contributed by atoms with Crippen LogP contribution in [-0.4, -0.2) is 17.3 Å². The molecule has 0 aliphatic carbocycles. The summed E-state index contributed by atoms with van der Waals surface area (Å²) < 4.78 is 5.64. The minimum atomic E-state index is -0.485. The van der Waals surface area contributed by atoms with Gasteiger partial charge in [-0.1, -0.05) is 31.5 Å². The highest BCUT2D eigenvalue weighted by molar-refractivity contribution is 7.80. The molecule has 0 atom stereocenters. The molecule has 0 saturated carbocycles. The van der Waals surface area contributed by atoms with Crippen molar-refractivity contribution in [2.24, 2.45) is 5.41 Å². The normalized spacial score (nSPS) is 11.4. The fraction of sp³-hybridized carbons (Fsp3) is 0.538. The standard InChI is InChI=1S/C13H18ClNO3S/c1-3-13(4-2,9-19)8-18-12-10(14)6-5-7-11(12)15(16)17/h5-7,19H,3-4,8-9H2,1-2H3. The molecular formula is C13H18ClNO3S. The lowest BCUT2D eigenvalue weighted by Crippen LogP contribution is -2.29. The van der Waals surface area contributed by atoms with Gasteiger partial charge in [0.25, 0.3) is 0 Å². The van der Waals surface area contributed by atoms with Gasteiger partial charge in [0.1, 0.15) is 0 Å². The minimum Gasteiger partial charge on any atom is -0.485 e. The van der Waals surface area contributed by atoms with Gasteiger partial charge in [0.15, 0.2) is 0 Å². The molecule has 1 rings (SSSR count). The molecule has 4 nitrogen and oxygen atoms in total. The van der Waals surface area contributed by atoms with Crippen LogP contribution < -0.4 is 4.74 Å². The first-order chi connectivity index (χ1) is 8.99. The fourth-order valence-corrected chi connectivity index (χ4v) is 2.50. The van der Waals surface area contributed by atoms with Gasteiger partial charge in [0.05, 0.1) is 16.6 Å². The van der Waals surface area contributed by atoms with Crippen molar-refractivity contribution >= 4 is 29.9 Å². The Morgan fingerprint density at radius 3 is 2.53 bits per heavy atom. The molecule has 0 heterocycles. The van der Waals surface area contributed by atoms with Gasteiger partial charge < -0.3 is 4.74 Å². The quantitative estimate of drug-likeness (QED) is 0.462. The molecule has 0 aliphatic rings. The molecular weight excluding hydrogens is 286 g/mol. The van der Waals surface area contributed by atoms with Crippen LogP contribution in [-0.2, 0) is 0 Å². The summed E-state index contributed by atoms with van der Waals surface area (Å²) in [6.07, 6.45) is 1.79. The van der Waals surface area contributed by atoms with Crippen LogP contribution in [0, 0.1) is 15.5 Å². The number of hydrogen-bond acceptors (Lipinski definition) is 4. The highest BCUT2D eigenvalue weighted by Crippen LogP contribution is 2.37. The number of nitrogens with zero attached hydrogens (tertiary/aromatic N) is 1. The van der Waals surface area contributed by atoms with Crippen LogP contribution >= 0.6 is 24.2 Å². The van der Waals surface area contributed by atoms with E-state index in [-0.39, 0.29) is 21.9 Å². The van der Waals surface area contributed by atoms with E-state index in [1.54, 1.807) is 12.1 Å². The highest BCUT2D eigenvalue weighted by Gasteiger charge is 2.28. The fourth-order valence-electron chi connectivity index (χ4n) is 1.73. The van der Waals surface area contributed by atoms with Crippen LogP contribution in [0.3, 0.4) is 0 Å². The van der Waals surface area contributed by atoms with Crippen molar-refractivity contribution in [2.75, 3.05) is 12.4 Å². The van der Waals surface area contributed by atoms with Crippen LogP contribution in [0.2, 0.25) is 5.02 Å². The largest absolute Gasteiger partial charge is 0.485 e. The molecule has 19 heavy (non-hydrogen) atoms. The van der Waals surface area contributed by atoms with E-state index in [0.717, 1.165) is 12.8 Å². The van der Waals surface area contributed by atoms with E-state index in [0.29, 0.717) is 12.4 Å². The van der Waals surface area contributed by atoms with Gasteiger partial charge in [-0.25, -0.2) is 0 Å². The maximum absolute atomic E-state index is 11.0. The van der Waals surface area contributed by atoms with Crippen molar-refractivity contribution < 1.29 is 9.66 Å². The Morgan fingerprint density at radius 1 is 1.42 bits per heavy atom. The van der Waals surface area contributed by atoms with E-state index in [4.69, 9.17) is 16.3 Å². The summed E-state index contributed by atoms with van der Waals surface area (Å²) in [7, 11) is 0. The molecule has 0 aromatic heterocycles. The Hall–Kier alpha value is -0.940. The van der Waals surface area contributed by atoms with Crippen LogP contribution in [0.15, 0.2) is 18.2 Å². The Balaban J connectivity index is 2.97. The van der Waals surface area contributed by atoms with Crippen LogP contribution in [0.4, 0.5) is 5.69 Å². The topological polar surface area (TPSA) is 52.4 Å². The molecule has 1 aromatic rings. The molecule has 0 saturated heterocycles. The smallest absolute Gasteiger partial charge is 0.312 e. The first-order valence-electron chi connectivity index (χ1n) is 6.16. The number of para-hydroxylation sites is 1. The summed E-state index contributed by atoms with van der Waals surface area (Å²) in [5.74, 6) is 0.806. The number of hydrogen-bond donors (Lipinski definition) is 1. The van der Waals surface area contributed by atoms with Gasteiger partial charge in [-0.3, -0.25) is 10.1 Å². The van der Waals surface area contributed by atoms with E-state index in [2.05, 4.69) is 26.5 Å². The van der Waals surface area contributed by atoms with Gasteiger partial charge >= 0.3 is 5.69 Å². The second kappa shape index (κ2) is 7.01. The number of halogens is 1. The summed E-state index contributed by atoms with van der Waals surface area (Å²) in [6, 6.07) is 4.52. The van der Waals surface area contributed by atoms with Crippen molar-refractivity contribution in [3.8, 4) is 5.75 Å². The van der Waals surface area contributed by atoms with Gasteiger partial charge in [-0.05, 0) is 24.7 Å². The van der Waals surface area contributed by atoms with Crippen LogP contribution in [0.25, 0.3) is 0 Å². The molecule has 106 valence electrons. The van der Waals surface area contributed by atoms with Gasteiger partial charge in [0.2, 0.25) is 5.75 Å². The molecule has 0 spiro atoms. The molecule has 0 unspecified atom stereocenters. The lowest BCUT2D eigenvalue weighted by atomic mass is 9.85. The summed E-state index contributed by atoms with van der Waals surface area (Å²) in [5, 5.41) is 11.2. The van der Waals surface area contributed by atoms with E-state index in [1.165, 1.54) is 6.07 Å². The van der Waals surface area contributed by atoms with Crippen molar-refractivity contribution in [3.05, 3.63) is 33.3 Å². The highest BCUT2D eigenvalue weighted by atomic mass is 35.5. The molecule has 0 N–H and O–H groups in total. The van der Waals surface area contributed by atoms with Crippen LogP contribution in [0.5, 0.6) is 5.75 Å². The van der Waals surface area contributed by atoms with Crippen LogP contribution in [0.1, 0.15) is 26.7 Å². The first-order valence-corrected chi connectivity index (χ1v) is 7.17. The lowest BCUT2D eigenvalue weighted by Gasteiger charge is -2.29. The van der Waals surface area contributed by atoms with E-state index in [9.17, 15) is 10.1 Å². The van der Waals surface area contributed by atoms with Gasteiger partial charge in [-0.15, -0.1) is 0 Å². The van der Waals surface area contributed by atoms with Crippen molar-refractivity contribution in [3.63, 3.8) is 0 Å². The predicted octanol–water partition coefficient (Wildman–Crippen LogP) is 4.36. The zero-order chi connectivity index (χ0) is 14.5. The third-order valence-electron chi connectivity index (χ3n) is 3.50. The molecule has 0 bridgehead atoms. The average molecular weight is 304 g/mol. The molecule has 0 radical (unpaired) electrons. The van der Waals surface area contributed by atoms with Gasteiger partial charge in [-0.2, -0.15) is 12.6 Å². The van der Waals surface area contributed by atoms with E-state index >= 15 is 0 Å². The number of ether oxygens (including phenoxy) is 1. The average Bonchev–Trinajstić information content (AvgIpc) is 2.42. The number of nitro groups is 1. The number of rotatable bonds is 7. The summed E-state index contributed by atoms with van der Waals surface area (Å²) in [6.45, 7) is 4.49. The molecule has 0 amide bonds. The Kier molecular flexibility index (Phi) is 5.94. The Bertz CT molecular complexity index is 441. The zero-order valence-electron chi connectivity index (χ0n) is 11.1. The maximum Gasteiger partial charge on any atom is 0.312 e. The molecule has 0 aliphatic heterocycles. The van der Waals surface area contributed by atoms with Gasteiger partial charge in [0, 0.05) is 11.5 Å². The van der Waals surface area contributed by atoms with Crippen molar-refractivity contribution in [1.29, 1.82) is 0 Å². The number of benzene rings is 1. The zero-order valence-corrected chi connectivity index (χ0v) is 12.7. The third-order valence-corrected chi connectivity index (χ3v) is 4.47. The summed E-state index contributed by atoms with van der Waals surface area (Å²) >= 11 is 10.3.